The molecule has 206 valence electrons. The van der Waals surface area contributed by atoms with Gasteiger partial charge < -0.3 is 15.5 Å². The summed E-state index contributed by atoms with van der Waals surface area (Å²) in [5, 5.41) is 5.97. The number of carbonyl (C=O) groups is 3. The molecular weight excluding hydrogens is 578 g/mol. The summed E-state index contributed by atoms with van der Waals surface area (Å²) in [6.07, 6.45) is 2.83. The summed E-state index contributed by atoms with van der Waals surface area (Å²) in [6.45, 7) is 10.1. The molecule has 2 N–H and O–H groups in total. The number of benzene rings is 1. The zero-order valence-corrected chi connectivity index (χ0v) is 25.2. The lowest BCUT2D eigenvalue weighted by molar-refractivity contribution is -0.142. The Morgan fingerprint density at radius 1 is 1.10 bits per heavy atom. The minimum atomic E-state index is -0.820. The number of halogens is 1. The molecule has 2 aromatic heterocycles. The molecule has 0 aliphatic carbocycles. The van der Waals surface area contributed by atoms with Crippen molar-refractivity contribution < 1.29 is 14.4 Å². The molecule has 0 spiro atoms. The highest BCUT2D eigenvalue weighted by molar-refractivity contribution is 9.10. The van der Waals surface area contributed by atoms with Crippen LogP contribution in [0.5, 0.6) is 0 Å². The van der Waals surface area contributed by atoms with E-state index in [1.165, 1.54) is 6.20 Å². The van der Waals surface area contributed by atoms with E-state index in [0.29, 0.717) is 13.0 Å². The van der Waals surface area contributed by atoms with Crippen LogP contribution in [0.2, 0.25) is 0 Å². The number of pyridine rings is 1. The quantitative estimate of drug-likeness (QED) is 0.378. The number of nitrogens with one attached hydrogen (secondary N) is 2. The van der Waals surface area contributed by atoms with Crippen molar-refractivity contribution in [3.8, 4) is 10.4 Å². The van der Waals surface area contributed by atoms with Gasteiger partial charge in [0.1, 0.15) is 17.8 Å². The Bertz CT molecular complexity index is 1350. The number of rotatable bonds is 7. The van der Waals surface area contributed by atoms with E-state index in [-0.39, 0.29) is 23.6 Å². The average molecular weight is 613 g/mol. The van der Waals surface area contributed by atoms with E-state index < -0.39 is 23.4 Å². The number of thiazole rings is 1. The van der Waals surface area contributed by atoms with Gasteiger partial charge in [0, 0.05) is 17.2 Å². The first-order valence-electron chi connectivity index (χ1n) is 13.0. The number of aryl methyl sites for hydroxylation is 1. The summed E-state index contributed by atoms with van der Waals surface area (Å²) in [4.78, 5) is 51.3. The van der Waals surface area contributed by atoms with E-state index in [1.54, 1.807) is 28.4 Å². The second kappa shape index (κ2) is 12.0. The van der Waals surface area contributed by atoms with E-state index in [2.05, 4.69) is 36.5 Å². The third-order valence-electron chi connectivity index (χ3n) is 6.96. The summed E-state index contributed by atoms with van der Waals surface area (Å²) < 4.78 is 0.722. The first kappa shape index (κ1) is 28.9. The summed E-state index contributed by atoms with van der Waals surface area (Å²) >= 11 is 4.96. The number of carbonyl (C=O) groups excluding carboxylic acids is 3. The van der Waals surface area contributed by atoms with Crippen molar-refractivity contribution in [3.05, 3.63) is 69.5 Å². The van der Waals surface area contributed by atoms with Crippen molar-refractivity contribution in [2.45, 2.75) is 65.6 Å². The van der Waals surface area contributed by atoms with E-state index in [4.69, 9.17) is 0 Å². The highest BCUT2D eigenvalue weighted by Crippen LogP contribution is 2.29. The van der Waals surface area contributed by atoms with Crippen LogP contribution >= 0.6 is 27.3 Å². The number of hydrogen-bond donors (Lipinski definition) is 2. The Hall–Kier alpha value is -3.11. The van der Waals surface area contributed by atoms with E-state index >= 15 is 0 Å². The second-order valence-corrected chi connectivity index (χ2v) is 12.7. The van der Waals surface area contributed by atoms with Gasteiger partial charge in [0.05, 0.1) is 22.1 Å². The maximum absolute atomic E-state index is 13.8. The van der Waals surface area contributed by atoms with Gasteiger partial charge in [0.25, 0.3) is 5.91 Å². The van der Waals surface area contributed by atoms with Gasteiger partial charge in [-0.15, -0.1) is 11.3 Å². The Labute approximate surface area is 241 Å². The van der Waals surface area contributed by atoms with Crippen LogP contribution in [0, 0.1) is 12.3 Å². The smallest absolute Gasteiger partial charge is 0.270 e. The summed E-state index contributed by atoms with van der Waals surface area (Å²) in [5.41, 5.74) is 4.55. The zero-order valence-electron chi connectivity index (χ0n) is 22.8. The lowest BCUT2D eigenvalue weighted by atomic mass is 9.85. The lowest BCUT2D eigenvalue weighted by Crippen LogP contribution is -2.57. The van der Waals surface area contributed by atoms with Crippen molar-refractivity contribution >= 4 is 45.0 Å². The third kappa shape index (κ3) is 6.73. The summed E-state index contributed by atoms with van der Waals surface area (Å²) in [7, 11) is 0. The number of likely N-dealkylation sites (tertiary alicyclic amines) is 1. The van der Waals surface area contributed by atoms with Crippen molar-refractivity contribution in [2.24, 2.45) is 5.41 Å². The molecule has 1 unspecified atom stereocenters. The van der Waals surface area contributed by atoms with Crippen molar-refractivity contribution in [1.82, 2.24) is 25.5 Å². The molecule has 1 aromatic carbocycles. The SMILES string of the molecule is Cc1ncsc1-c1ccc([C@H](C)NC(=O)[C@@H]2CCCN2C(=O)C(NC(=O)c2cc(Br)ccn2)C(C)(C)C)cc1. The van der Waals surface area contributed by atoms with Gasteiger partial charge in [-0.3, -0.25) is 19.4 Å². The molecule has 0 bridgehead atoms. The normalized spacial score (nSPS) is 17.0. The van der Waals surface area contributed by atoms with Gasteiger partial charge in [-0.05, 0) is 55.4 Å². The molecule has 1 aliphatic rings. The van der Waals surface area contributed by atoms with E-state index in [1.807, 2.05) is 64.4 Å². The van der Waals surface area contributed by atoms with Gasteiger partial charge in [-0.25, -0.2) is 4.98 Å². The molecule has 39 heavy (non-hydrogen) atoms. The molecule has 1 saturated heterocycles. The maximum Gasteiger partial charge on any atom is 0.270 e. The van der Waals surface area contributed by atoms with Crippen LogP contribution in [-0.4, -0.2) is 51.2 Å². The molecule has 1 fully saturated rings. The number of hydrogen-bond acceptors (Lipinski definition) is 6. The number of aromatic nitrogens is 2. The average Bonchev–Trinajstić information content (AvgIpc) is 3.55. The van der Waals surface area contributed by atoms with Crippen LogP contribution in [0.3, 0.4) is 0 Å². The molecule has 8 nitrogen and oxygen atoms in total. The van der Waals surface area contributed by atoms with Crippen LogP contribution in [0.25, 0.3) is 10.4 Å². The number of nitrogens with zero attached hydrogens (tertiary/aromatic N) is 3. The van der Waals surface area contributed by atoms with Gasteiger partial charge in [0.15, 0.2) is 0 Å². The Morgan fingerprint density at radius 3 is 2.44 bits per heavy atom. The monoisotopic (exact) mass is 611 g/mol. The van der Waals surface area contributed by atoms with Gasteiger partial charge in [-0.2, -0.15) is 0 Å². The predicted molar refractivity (Wildman–Crippen MR) is 156 cm³/mol. The van der Waals surface area contributed by atoms with Crippen LogP contribution < -0.4 is 10.6 Å². The highest BCUT2D eigenvalue weighted by Gasteiger charge is 2.42. The minimum absolute atomic E-state index is 0.191. The minimum Gasteiger partial charge on any atom is -0.348 e. The van der Waals surface area contributed by atoms with Crippen LogP contribution in [0.1, 0.15) is 68.3 Å². The first-order valence-corrected chi connectivity index (χ1v) is 14.7. The molecule has 0 radical (unpaired) electrons. The Balaban J connectivity index is 1.44. The fourth-order valence-corrected chi connectivity index (χ4v) is 5.89. The molecule has 0 saturated carbocycles. The molecule has 4 rings (SSSR count). The maximum atomic E-state index is 13.8. The van der Waals surface area contributed by atoms with Crippen molar-refractivity contribution in [1.29, 1.82) is 0 Å². The number of amides is 3. The Morgan fingerprint density at radius 2 is 1.82 bits per heavy atom. The topological polar surface area (TPSA) is 104 Å². The molecule has 3 heterocycles. The zero-order chi connectivity index (χ0) is 28.3. The van der Waals surface area contributed by atoms with Crippen LogP contribution in [0.15, 0.2) is 52.6 Å². The van der Waals surface area contributed by atoms with Crippen molar-refractivity contribution in [3.63, 3.8) is 0 Å². The van der Waals surface area contributed by atoms with Crippen LogP contribution in [0.4, 0.5) is 0 Å². The lowest BCUT2D eigenvalue weighted by Gasteiger charge is -2.35. The highest BCUT2D eigenvalue weighted by atomic mass is 79.9. The Kier molecular flexibility index (Phi) is 8.86. The molecule has 3 atom stereocenters. The summed E-state index contributed by atoms with van der Waals surface area (Å²) in [5.74, 6) is -0.890. The van der Waals surface area contributed by atoms with Crippen LogP contribution in [-0.2, 0) is 9.59 Å². The second-order valence-electron chi connectivity index (χ2n) is 10.9. The summed E-state index contributed by atoms with van der Waals surface area (Å²) in [6, 6.07) is 9.81. The van der Waals surface area contributed by atoms with Gasteiger partial charge in [-0.1, -0.05) is 61.0 Å². The molecule has 3 aromatic rings. The fourth-order valence-electron chi connectivity index (χ4n) is 4.75. The standard InChI is InChI=1S/C29H34BrN5O3S/c1-17(19-8-10-20(11-9-19)24-18(2)32-16-39-24)33-27(37)23-7-6-14-35(23)28(38)25(29(3,4)5)34-26(36)22-15-21(30)12-13-31-22/h8-13,15-17,23,25H,6-7,14H2,1-5H3,(H,33,37)(H,34,36)/t17-,23-,25?/m0/s1. The molecule has 10 heteroatoms. The first-order chi connectivity index (χ1) is 18.5. The largest absolute Gasteiger partial charge is 0.348 e. The van der Waals surface area contributed by atoms with Crippen molar-refractivity contribution in [2.75, 3.05) is 6.54 Å². The molecular formula is C29H34BrN5O3S. The predicted octanol–water partition coefficient (Wildman–Crippen LogP) is 5.29. The van der Waals surface area contributed by atoms with E-state index in [0.717, 1.165) is 32.6 Å². The van der Waals surface area contributed by atoms with Gasteiger partial charge in [0.2, 0.25) is 11.8 Å². The molecule has 3 amide bonds. The van der Waals surface area contributed by atoms with Gasteiger partial charge >= 0.3 is 0 Å². The molecule has 1 aliphatic heterocycles. The fraction of sp³-hybridized carbons (Fsp3) is 0.414. The van der Waals surface area contributed by atoms with E-state index in [9.17, 15) is 14.4 Å². The third-order valence-corrected chi connectivity index (χ3v) is 8.43.